The molecule has 1 aliphatic rings. The van der Waals surface area contributed by atoms with E-state index in [9.17, 15) is 4.79 Å². The minimum Gasteiger partial charge on any atom is -0.454 e. The summed E-state index contributed by atoms with van der Waals surface area (Å²) in [6.45, 7) is 2.77. The molecule has 0 unspecified atom stereocenters. The van der Waals surface area contributed by atoms with Gasteiger partial charge in [-0.2, -0.15) is 0 Å². The summed E-state index contributed by atoms with van der Waals surface area (Å²) in [5, 5.41) is 12.5. The lowest BCUT2D eigenvalue weighted by Gasteiger charge is -2.15. The highest BCUT2D eigenvalue weighted by Gasteiger charge is 2.19. The second-order valence-corrected chi connectivity index (χ2v) is 8.75. The van der Waals surface area contributed by atoms with Crippen molar-refractivity contribution < 1.29 is 14.3 Å². The van der Waals surface area contributed by atoms with E-state index in [4.69, 9.17) is 9.47 Å². The van der Waals surface area contributed by atoms with Crippen molar-refractivity contribution >= 4 is 17.7 Å². The second kappa shape index (κ2) is 9.96. The first-order valence-electron chi connectivity index (χ1n) is 10.9. The number of rotatable bonds is 8. The molecular weight excluding hydrogens is 450 g/mol. The molecule has 0 aliphatic carbocycles. The molecule has 3 heterocycles. The van der Waals surface area contributed by atoms with Crippen molar-refractivity contribution in [3.05, 3.63) is 84.2 Å². The van der Waals surface area contributed by atoms with Gasteiger partial charge in [0.05, 0.1) is 18.3 Å². The Morgan fingerprint density at radius 2 is 1.85 bits per heavy atom. The van der Waals surface area contributed by atoms with Gasteiger partial charge in [-0.1, -0.05) is 48.2 Å². The van der Waals surface area contributed by atoms with Crippen molar-refractivity contribution in [2.45, 2.75) is 24.7 Å². The number of thioether (sulfide) groups is 1. The van der Waals surface area contributed by atoms with Crippen LogP contribution in [-0.4, -0.2) is 38.2 Å². The van der Waals surface area contributed by atoms with Gasteiger partial charge in [0, 0.05) is 18.0 Å². The number of benzene rings is 2. The lowest BCUT2D eigenvalue weighted by molar-refractivity contribution is -0.119. The van der Waals surface area contributed by atoms with Crippen LogP contribution in [0.3, 0.4) is 0 Å². The molecule has 1 aliphatic heterocycles. The average Bonchev–Trinajstić information content (AvgIpc) is 3.50. The van der Waals surface area contributed by atoms with Gasteiger partial charge in [-0.05, 0) is 42.3 Å². The first-order valence-corrected chi connectivity index (χ1v) is 11.8. The van der Waals surface area contributed by atoms with Crippen molar-refractivity contribution in [2.24, 2.45) is 0 Å². The van der Waals surface area contributed by atoms with Crippen LogP contribution in [0.5, 0.6) is 11.5 Å². The van der Waals surface area contributed by atoms with Crippen LogP contribution >= 0.6 is 11.8 Å². The smallest absolute Gasteiger partial charge is 0.231 e. The SMILES string of the molecule is C[C@@H](NC(=O)CSc1nnc(-c2ccncc2)n1Cc1ccccc1)c1ccc2c(c1)OCO2. The molecule has 0 saturated carbocycles. The molecule has 5 rings (SSSR count). The number of aromatic nitrogens is 4. The highest BCUT2D eigenvalue weighted by molar-refractivity contribution is 7.99. The lowest BCUT2D eigenvalue weighted by atomic mass is 10.1. The molecule has 172 valence electrons. The molecule has 1 N–H and O–H groups in total. The van der Waals surface area contributed by atoms with Crippen LogP contribution in [0.4, 0.5) is 0 Å². The van der Waals surface area contributed by atoms with Crippen molar-refractivity contribution in [1.82, 2.24) is 25.1 Å². The summed E-state index contributed by atoms with van der Waals surface area (Å²) >= 11 is 1.36. The Bertz CT molecular complexity index is 1280. The minimum atomic E-state index is -0.169. The summed E-state index contributed by atoms with van der Waals surface area (Å²) < 4.78 is 12.8. The van der Waals surface area contributed by atoms with Crippen LogP contribution in [0.2, 0.25) is 0 Å². The largest absolute Gasteiger partial charge is 0.454 e. The van der Waals surface area contributed by atoms with Gasteiger partial charge in [-0.3, -0.25) is 14.3 Å². The number of nitrogens with zero attached hydrogens (tertiary/aromatic N) is 4. The normalized spacial score (nSPS) is 13.0. The van der Waals surface area contributed by atoms with E-state index < -0.39 is 0 Å². The molecule has 1 amide bonds. The van der Waals surface area contributed by atoms with E-state index in [1.807, 2.05) is 60.0 Å². The molecule has 0 saturated heterocycles. The van der Waals surface area contributed by atoms with Crippen molar-refractivity contribution in [1.29, 1.82) is 0 Å². The maximum Gasteiger partial charge on any atom is 0.231 e. The molecule has 0 spiro atoms. The average molecular weight is 474 g/mol. The maximum atomic E-state index is 12.7. The van der Waals surface area contributed by atoms with Gasteiger partial charge in [0.1, 0.15) is 0 Å². The zero-order valence-corrected chi connectivity index (χ0v) is 19.4. The van der Waals surface area contributed by atoms with Crippen molar-refractivity contribution in [3.63, 3.8) is 0 Å². The first kappa shape index (κ1) is 22.0. The predicted octanol–water partition coefficient (Wildman–Crippen LogP) is 4.09. The molecule has 2 aromatic carbocycles. The molecule has 4 aromatic rings. The molecule has 9 heteroatoms. The number of hydrogen-bond donors (Lipinski definition) is 1. The van der Waals surface area contributed by atoms with E-state index in [0.717, 1.165) is 28.3 Å². The third-order valence-corrected chi connectivity index (χ3v) is 6.41. The van der Waals surface area contributed by atoms with Crippen LogP contribution in [0.15, 0.2) is 78.2 Å². The van der Waals surface area contributed by atoms with E-state index in [-0.39, 0.29) is 24.5 Å². The van der Waals surface area contributed by atoms with Gasteiger partial charge in [-0.15, -0.1) is 10.2 Å². The quantitative estimate of drug-likeness (QED) is 0.386. The van der Waals surface area contributed by atoms with Crippen molar-refractivity contribution in [3.8, 4) is 22.9 Å². The van der Waals surface area contributed by atoms with Gasteiger partial charge in [0.2, 0.25) is 12.7 Å². The highest BCUT2D eigenvalue weighted by atomic mass is 32.2. The Morgan fingerprint density at radius 3 is 2.68 bits per heavy atom. The van der Waals surface area contributed by atoms with Crippen LogP contribution in [0.1, 0.15) is 24.1 Å². The van der Waals surface area contributed by atoms with E-state index in [1.165, 1.54) is 11.8 Å². The Labute approximate surface area is 201 Å². The number of ether oxygens (including phenoxy) is 2. The summed E-state index contributed by atoms with van der Waals surface area (Å²) in [6, 6.07) is 19.4. The van der Waals surface area contributed by atoms with Crippen LogP contribution in [0, 0.1) is 0 Å². The first-order chi connectivity index (χ1) is 16.7. The van der Waals surface area contributed by atoms with Crippen molar-refractivity contribution in [2.75, 3.05) is 12.5 Å². The standard InChI is InChI=1S/C25H23N5O3S/c1-17(20-7-8-21-22(13-20)33-16-32-21)27-23(31)15-34-25-29-28-24(19-9-11-26-12-10-19)30(25)14-18-5-3-2-4-6-18/h2-13,17H,14-16H2,1H3,(H,27,31)/t17-/m1/s1. The summed E-state index contributed by atoms with van der Waals surface area (Å²) in [6.07, 6.45) is 3.46. The lowest BCUT2D eigenvalue weighted by Crippen LogP contribution is -2.28. The Morgan fingerprint density at radius 1 is 1.06 bits per heavy atom. The van der Waals surface area contributed by atoms with E-state index in [2.05, 4.69) is 32.6 Å². The summed E-state index contributed by atoms with van der Waals surface area (Å²) in [7, 11) is 0. The van der Waals surface area contributed by atoms with E-state index >= 15 is 0 Å². The van der Waals surface area contributed by atoms with Gasteiger partial charge in [0.15, 0.2) is 22.5 Å². The van der Waals surface area contributed by atoms with Gasteiger partial charge in [0.25, 0.3) is 0 Å². The number of hydrogen-bond acceptors (Lipinski definition) is 7. The van der Waals surface area contributed by atoms with Gasteiger partial charge < -0.3 is 14.8 Å². The third kappa shape index (κ3) is 4.89. The second-order valence-electron chi connectivity index (χ2n) is 7.80. The molecule has 34 heavy (non-hydrogen) atoms. The number of amides is 1. The fourth-order valence-electron chi connectivity index (χ4n) is 3.70. The molecule has 0 radical (unpaired) electrons. The highest BCUT2D eigenvalue weighted by Crippen LogP contribution is 2.34. The van der Waals surface area contributed by atoms with Gasteiger partial charge in [-0.25, -0.2) is 0 Å². The fraction of sp³-hybridized carbons (Fsp3) is 0.200. The zero-order chi connectivity index (χ0) is 23.3. The van der Waals surface area contributed by atoms with Crippen LogP contribution in [0.25, 0.3) is 11.4 Å². The number of carbonyl (C=O) groups is 1. The monoisotopic (exact) mass is 473 g/mol. The third-order valence-electron chi connectivity index (χ3n) is 5.45. The van der Waals surface area contributed by atoms with E-state index in [0.29, 0.717) is 17.5 Å². The Hall–Kier alpha value is -3.85. The molecule has 2 aromatic heterocycles. The molecule has 0 bridgehead atoms. The zero-order valence-electron chi connectivity index (χ0n) is 18.5. The van der Waals surface area contributed by atoms with Crippen LogP contribution in [-0.2, 0) is 11.3 Å². The molecule has 1 atom stereocenters. The predicted molar refractivity (Wildman–Crippen MR) is 129 cm³/mol. The maximum absolute atomic E-state index is 12.7. The number of nitrogens with one attached hydrogen (secondary N) is 1. The Balaban J connectivity index is 1.29. The topological polar surface area (TPSA) is 91.2 Å². The number of fused-ring (bicyclic) bond motifs is 1. The summed E-state index contributed by atoms with van der Waals surface area (Å²) in [4.78, 5) is 16.8. The molecule has 8 nitrogen and oxygen atoms in total. The van der Waals surface area contributed by atoms with E-state index in [1.54, 1.807) is 12.4 Å². The number of pyridine rings is 1. The Kier molecular flexibility index (Phi) is 6.44. The summed E-state index contributed by atoms with van der Waals surface area (Å²) in [5.41, 5.74) is 3.00. The fourth-order valence-corrected chi connectivity index (χ4v) is 4.45. The molecule has 0 fully saturated rings. The molecular formula is C25H23N5O3S. The minimum absolute atomic E-state index is 0.0881. The van der Waals surface area contributed by atoms with Crippen LogP contribution < -0.4 is 14.8 Å². The van der Waals surface area contributed by atoms with Gasteiger partial charge >= 0.3 is 0 Å². The summed E-state index contributed by atoms with van der Waals surface area (Å²) in [5.74, 6) is 2.29. The number of carbonyl (C=O) groups excluding carboxylic acids is 1.